The molecular formula is C10H12N4S. The van der Waals surface area contributed by atoms with Crippen molar-refractivity contribution in [2.45, 2.75) is 6.67 Å². The summed E-state index contributed by atoms with van der Waals surface area (Å²) >= 11 is 1.97. The summed E-state index contributed by atoms with van der Waals surface area (Å²) in [6.07, 6.45) is 0. The van der Waals surface area contributed by atoms with Gasteiger partial charge in [-0.1, -0.05) is 17.3 Å². The van der Waals surface area contributed by atoms with Crippen molar-refractivity contribution in [1.82, 2.24) is 19.9 Å². The number of benzene rings is 1. The molecule has 1 saturated heterocycles. The lowest BCUT2D eigenvalue weighted by atomic mass is 10.3. The van der Waals surface area contributed by atoms with Crippen LogP contribution in [0.15, 0.2) is 24.3 Å². The Hall–Kier alpha value is -1.07. The average molecular weight is 220 g/mol. The third-order valence-corrected chi connectivity index (χ3v) is 3.60. The molecule has 0 N–H and O–H groups in total. The summed E-state index contributed by atoms with van der Waals surface area (Å²) in [5.41, 5.74) is 2.10. The Morgan fingerprint density at radius 1 is 1.33 bits per heavy atom. The van der Waals surface area contributed by atoms with E-state index in [4.69, 9.17) is 0 Å². The fourth-order valence-electron chi connectivity index (χ4n) is 1.77. The molecule has 3 rings (SSSR count). The van der Waals surface area contributed by atoms with Gasteiger partial charge in [-0.15, -0.1) is 16.9 Å². The highest BCUT2D eigenvalue weighted by atomic mass is 32.2. The lowest BCUT2D eigenvalue weighted by Gasteiger charge is -2.13. The van der Waals surface area contributed by atoms with Crippen LogP contribution < -0.4 is 0 Å². The average Bonchev–Trinajstić information content (AvgIpc) is 2.89. The van der Waals surface area contributed by atoms with Crippen molar-refractivity contribution in [3.63, 3.8) is 0 Å². The quantitative estimate of drug-likeness (QED) is 0.766. The minimum absolute atomic E-state index is 0.855. The molecule has 4 nitrogen and oxygen atoms in total. The van der Waals surface area contributed by atoms with Crippen molar-refractivity contribution < 1.29 is 0 Å². The zero-order valence-corrected chi connectivity index (χ0v) is 9.15. The molecule has 0 aliphatic carbocycles. The molecule has 0 radical (unpaired) electrons. The number of para-hydroxylation sites is 1. The Bertz CT molecular complexity index is 461. The van der Waals surface area contributed by atoms with Gasteiger partial charge in [0.2, 0.25) is 0 Å². The zero-order chi connectivity index (χ0) is 10.1. The number of aromatic nitrogens is 3. The van der Waals surface area contributed by atoms with Crippen LogP contribution in [0.25, 0.3) is 11.0 Å². The highest BCUT2D eigenvalue weighted by Crippen LogP contribution is 2.16. The first-order chi connectivity index (χ1) is 7.43. The standard InChI is InChI=1S/C10H12N4S/c1-2-4-10-9(3-1)11-12-14(10)7-13-5-6-15-8-13/h1-4H,5-8H2. The van der Waals surface area contributed by atoms with Crippen LogP contribution in [0.4, 0.5) is 0 Å². The number of hydrogen-bond acceptors (Lipinski definition) is 4. The maximum absolute atomic E-state index is 4.17. The maximum Gasteiger partial charge on any atom is 0.113 e. The van der Waals surface area contributed by atoms with Gasteiger partial charge in [0.25, 0.3) is 0 Å². The summed E-state index contributed by atoms with van der Waals surface area (Å²) in [4.78, 5) is 2.38. The largest absolute Gasteiger partial charge is 0.274 e. The number of rotatable bonds is 2. The second-order valence-electron chi connectivity index (χ2n) is 3.65. The lowest BCUT2D eigenvalue weighted by molar-refractivity contribution is 0.270. The predicted octanol–water partition coefficient (Wildman–Crippen LogP) is 1.40. The predicted molar refractivity (Wildman–Crippen MR) is 61.6 cm³/mol. The van der Waals surface area contributed by atoms with E-state index in [0.717, 1.165) is 30.1 Å². The summed E-state index contributed by atoms with van der Waals surface area (Å²) < 4.78 is 1.97. The van der Waals surface area contributed by atoms with E-state index < -0.39 is 0 Å². The van der Waals surface area contributed by atoms with Crippen molar-refractivity contribution in [2.75, 3.05) is 18.2 Å². The van der Waals surface area contributed by atoms with Crippen LogP contribution in [0.5, 0.6) is 0 Å². The first kappa shape index (κ1) is 9.18. The third kappa shape index (κ3) is 1.72. The molecule has 1 aliphatic rings. The summed E-state index contributed by atoms with van der Waals surface area (Å²) in [7, 11) is 0. The van der Waals surface area contributed by atoms with E-state index in [-0.39, 0.29) is 0 Å². The second kappa shape index (κ2) is 3.83. The number of thioether (sulfide) groups is 1. The Balaban J connectivity index is 1.90. The van der Waals surface area contributed by atoms with Crippen molar-refractivity contribution in [2.24, 2.45) is 0 Å². The number of fused-ring (bicyclic) bond motifs is 1. The van der Waals surface area contributed by atoms with Crippen molar-refractivity contribution in [1.29, 1.82) is 0 Å². The summed E-state index contributed by atoms with van der Waals surface area (Å²) in [6, 6.07) is 8.09. The minimum atomic E-state index is 0.855. The highest BCUT2D eigenvalue weighted by Gasteiger charge is 2.13. The van der Waals surface area contributed by atoms with E-state index in [1.54, 1.807) is 0 Å². The van der Waals surface area contributed by atoms with Gasteiger partial charge in [0.05, 0.1) is 12.2 Å². The van der Waals surface area contributed by atoms with Gasteiger partial charge in [0, 0.05) is 18.2 Å². The van der Waals surface area contributed by atoms with Gasteiger partial charge in [-0.25, -0.2) is 4.68 Å². The minimum Gasteiger partial charge on any atom is -0.274 e. The van der Waals surface area contributed by atoms with Gasteiger partial charge in [0.1, 0.15) is 5.52 Å². The fourth-order valence-corrected chi connectivity index (χ4v) is 2.76. The van der Waals surface area contributed by atoms with Gasteiger partial charge in [-0.05, 0) is 12.1 Å². The lowest BCUT2D eigenvalue weighted by Crippen LogP contribution is -2.23. The molecule has 0 bridgehead atoms. The SMILES string of the molecule is c1ccc2c(c1)nnn2CN1CCSC1. The van der Waals surface area contributed by atoms with Crippen LogP contribution in [-0.2, 0) is 6.67 Å². The molecule has 1 aromatic heterocycles. The van der Waals surface area contributed by atoms with E-state index in [1.807, 2.05) is 34.6 Å². The van der Waals surface area contributed by atoms with E-state index in [0.29, 0.717) is 0 Å². The van der Waals surface area contributed by atoms with Crippen molar-refractivity contribution in [3.05, 3.63) is 24.3 Å². The van der Waals surface area contributed by atoms with Crippen LogP contribution in [0.2, 0.25) is 0 Å². The van der Waals surface area contributed by atoms with E-state index in [1.165, 1.54) is 5.75 Å². The van der Waals surface area contributed by atoms with Crippen LogP contribution in [-0.4, -0.2) is 38.1 Å². The van der Waals surface area contributed by atoms with Gasteiger partial charge in [-0.2, -0.15) is 0 Å². The molecule has 1 aromatic carbocycles. The van der Waals surface area contributed by atoms with E-state index in [2.05, 4.69) is 21.3 Å². The van der Waals surface area contributed by atoms with Gasteiger partial charge in [-0.3, -0.25) is 4.90 Å². The van der Waals surface area contributed by atoms with Crippen LogP contribution in [0.1, 0.15) is 0 Å². The molecule has 0 amide bonds. The second-order valence-corrected chi connectivity index (χ2v) is 4.73. The Kier molecular flexibility index (Phi) is 2.34. The van der Waals surface area contributed by atoms with Crippen molar-refractivity contribution in [3.8, 4) is 0 Å². The summed E-state index contributed by atoms with van der Waals surface area (Å²) in [6.45, 7) is 2.01. The number of nitrogens with zero attached hydrogens (tertiary/aromatic N) is 4. The summed E-state index contributed by atoms with van der Waals surface area (Å²) in [5.74, 6) is 2.33. The molecule has 0 unspecified atom stereocenters. The van der Waals surface area contributed by atoms with Gasteiger partial charge >= 0.3 is 0 Å². The molecule has 5 heteroatoms. The molecule has 2 heterocycles. The Morgan fingerprint density at radius 3 is 3.13 bits per heavy atom. The normalized spacial score (nSPS) is 17.6. The highest BCUT2D eigenvalue weighted by molar-refractivity contribution is 7.99. The van der Waals surface area contributed by atoms with Crippen LogP contribution in [0.3, 0.4) is 0 Å². The van der Waals surface area contributed by atoms with E-state index in [9.17, 15) is 0 Å². The molecule has 2 aromatic rings. The molecular weight excluding hydrogens is 208 g/mol. The summed E-state index contributed by atoms with van der Waals surface area (Å²) in [5, 5.41) is 8.31. The van der Waals surface area contributed by atoms with Crippen LogP contribution >= 0.6 is 11.8 Å². The van der Waals surface area contributed by atoms with Crippen molar-refractivity contribution >= 4 is 22.8 Å². The third-order valence-electron chi connectivity index (χ3n) is 2.58. The first-order valence-corrected chi connectivity index (χ1v) is 6.17. The maximum atomic E-state index is 4.17. The monoisotopic (exact) mass is 220 g/mol. The van der Waals surface area contributed by atoms with Crippen LogP contribution in [0, 0.1) is 0 Å². The molecule has 1 fully saturated rings. The molecule has 0 spiro atoms. The molecule has 1 aliphatic heterocycles. The van der Waals surface area contributed by atoms with Gasteiger partial charge < -0.3 is 0 Å². The fraction of sp³-hybridized carbons (Fsp3) is 0.400. The first-order valence-electron chi connectivity index (χ1n) is 5.02. The molecule has 15 heavy (non-hydrogen) atoms. The molecule has 0 atom stereocenters. The van der Waals surface area contributed by atoms with E-state index >= 15 is 0 Å². The Labute approximate surface area is 92.2 Å². The molecule has 78 valence electrons. The smallest absolute Gasteiger partial charge is 0.113 e. The zero-order valence-electron chi connectivity index (χ0n) is 8.33. The molecule has 0 saturated carbocycles. The topological polar surface area (TPSA) is 34.0 Å². The number of hydrogen-bond donors (Lipinski definition) is 0. The van der Waals surface area contributed by atoms with Gasteiger partial charge in [0.15, 0.2) is 0 Å². The Morgan fingerprint density at radius 2 is 2.27 bits per heavy atom.